The van der Waals surface area contributed by atoms with Crippen molar-refractivity contribution < 1.29 is 28.6 Å². The molecule has 0 fully saturated rings. The van der Waals surface area contributed by atoms with Crippen LogP contribution < -0.4 is 4.74 Å². The van der Waals surface area contributed by atoms with Crippen molar-refractivity contribution in [1.29, 1.82) is 0 Å². The number of carbonyl (C=O) groups is 1. The highest BCUT2D eigenvalue weighted by atomic mass is 31.1. The number of hydrogen-bond acceptors (Lipinski definition) is 4. The van der Waals surface area contributed by atoms with Gasteiger partial charge < -0.3 is 9.47 Å². The molecule has 94 valence electrons. The van der Waals surface area contributed by atoms with Crippen LogP contribution >= 0.6 is 8.25 Å². The summed E-state index contributed by atoms with van der Waals surface area (Å²) in [7, 11) is -1.25. The van der Waals surface area contributed by atoms with Crippen LogP contribution in [0.3, 0.4) is 0 Å². The molecule has 0 spiro atoms. The summed E-state index contributed by atoms with van der Waals surface area (Å²) in [4.78, 5) is 24.9. The highest BCUT2D eigenvalue weighted by molar-refractivity contribution is 7.30. The van der Waals surface area contributed by atoms with Crippen molar-refractivity contribution in [3.8, 4) is 5.75 Å². The van der Waals surface area contributed by atoms with Crippen LogP contribution in [0.2, 0.25) is 0 Å². The Labute approximate surface area is 99.8 Å². The quantitative estimate of drug-likeness (QED) is 0.485. The van der Waals surface area contributed by atoms with E-state index < -0.39 is 8.25 Å². The molecule has 0 saturated carbocycles. The van der Waals surface area contributed by atoms with Crippen LogP contribution in [0.4, 0.5) is 0 Å². The third-order valence-corrected chi connectivity index (χ3v) is 1.47. The Morgan fingerprint density at radius 3 is 2.47 bits per heavy atom. The lowest BCUT2D eigenvalue weighted by Gasteiger charge is -2.03. The van der Waals surface area contributed by atoms with Crippen molar-refractivity contribution in [3.63, 3.8) is 0 Å². The SMILES string of the molecule is COCc1cccc(OC(C)=O)c1.O=[P+](O)O. The summed E-state index contributed by atoms with van der Waals surface area (Å²) in [6.07, 6.45) is 0. The Morgan fingerprint density at radius 2 is 2.00 bits per heavy atom. The summed E-state index contributed by atoms with van der Waals surface area (Å²) >= 11 is 0. The second kappa shape index (κ2) is 8.78. The van der Waals surface area contributed by atoms with E-state index in [2.05, 4.69) is 0 Å². The Morgan fingerprint density at radius 1 is 1.41 bits per heavy atom. The summed E-state index contributed by atoms with van der Waals surface area (Å²) in [6.45, 7) is 1.90. The Bertz CT molecular complexity index is 375. The smallest absolute Gasteiger partial charge is 0.427 e. The van der Waals surface area contributed by atoms with E-state index in [0.717, 1.165) is 5.56 Å². The van der Waals surface area contributed by atoms with Gasteiger partial charge in [0.2, 0.25) is 0 Å². The first kappa shape index (κ1) is 15.7. The Hall–Kier alpha value is -1.33. The summed E-state index contributed by atoms with van der Waals surface area (Å²) in [6, 6.07) is 7.26. The van der Waals surface area contributed by atoms with Crippen molar-refractivity contribution in [3.05, 3.63) is 29.8 Å². The maximum atomic E-state index is 10.6. The summed E-state index contributed by atoms with van der Waals surface area (Å²) in [5, 5.41) is 0. The lowest BCUT2D eigenvalue weighted by molar-refractivity contribution is -0.131. The Balaban J connectivity index is 0.000000557. The van der Waals surface area contributed by atoms with Gasteiger partial charge in [0.15, 0.2) is 0 Å². The van der Waals surface area contributed by atoms with Crippen LogP contribution in [0.1, 0.15) is 12.5 Å². The molecular formula is C10H14O6P+. The first-order valence-electron chi connectivity index (χ1n) is 4.57. The van der Waals surface area contributed by atoms with Crippen molar-refractivity contribution in [2.45, 2.75) is 13.5 Å². The molecule has 1 aromatic carbocycles. The van der Waals surface area contributed by atoms with Gasteiger partial charge in [0.1, 0.15) is 5.75 Å². The molecule has 1 aromatic rings. The van der Waals surface area contributed by atoms with Gasteiger partial charge >= 0.3 is 14.2 Å². The van der Waals surface area contributed by atoms with E-state index in [0.29, 0.717) is 12.4 Å². The monoisotopic (exact) mass is 261 g/mol. The van der Waals surface area contributed by atoms with Gasteiger partial charge in [0, 0.05) is 18.6 Å². The number of hydrogen-bond donors (Lipinski definition) is 2. The van der Waals surface area contributed by atoms with Gasteiger partial charge in [-0.15, -0.1) is 9.79 Å². The second-order valence-electron chi connectivity index (χ2n) is 2.93. The van der Waals surface area contributed by atoms with Gasteiger partial charge in [-0.05, 0) is 17.7 Å². The van der Waals surface area contributed by atoms with Crippen molar-refractivity contribution in [2.24, 2.45) is 0 Å². The number of benzene rings is 1. The lowest BCUT2D eigenvalue weighted by Crippen LogP contribution is -2.01. The van der Waals surface area contributed by atoms with Crippen LogP contribution in [0.25, 0.3) is 0 Å². The lowest BCUT2D eigenvalue weighted by atomic mass is 10.2. The minimum Gasteiger partial charge on any atom is -0.427 e. The molecule has 17 heavy (non-hydrogen) atoms. The van der Waals surface area contributed by atoms with E-state index in [-0.39, 0.29) is 5.97 Å². The summed E-state index contributed by atoms with van der Waals surface area (Å²) in [5.41, 5.74) is 0.987. The van der Waals surface area contributed by atoms with Gasteiger partial charge in [0.25, 0.3) is 0 Å². The third kappa shape index (κ3) is 9.59. The van der Waals surface area contributed by atoms with Crippen LogP contribution in [0.5, 0.6) is 5.75 Å². The number of rotatable bonds is 3. The maximum absolute atomic E-state index is 10.6. The second-order valence-corrected chi connectivity index (χ2v) is 3.43. The fourth-order valence-electron chi connectivity index (χ4n) is 1.03. The summed E-state index contributed by atoms with van der Waals surface area (Å²) in [5.74, 6) is 0.247. The molecule has 0 bridgehead atoms. The molecule has 0 aliphatic heterocycles. The molecular weight excluding hydrogens is 247 g/mol. The van der Waals surface area contributed by atoms with Crippen LogP contribution in [-0.4, -0.2) is 22.9 Å². The summed E-state index contributed by atoms with van der Waals surface area (Å²) < 4.78 is 18.6. The zero-order valence-electron chi connectivity index (χ0n) is 9.49. The number of methoxy groups -OCH3 is 1. The molecule has 0 aromatic heterocycles. The minimum atomic E-state index is -2.87. The van der Waals surface area contributed by atoms with E-state index in [4.69, 9.17) is 23.8 Å². The topological polar surface area (TPSA) is 93.1 Å². The van der Waals surface area contributed by atoms with Gasteiger partial charge in [-0.1, -0.05) is 12.1 Å². The maximum Gasteiger partial charge on any atom is 0.692 e. The molecule has 0 heterocycles. The predicted molar refractivity (Wildman–Crippen MR) is 60.5 cm³/mol. The van der Waals surface area contributed by atoms with Crippen molar-refractivity contribution in [2.75, 3.05) is 7.11 Å². The molecule has 0 aliphatic carbocycles. The number of ether oxygens (including phenoxy) is 2. The third-order valence-electron chi connectivity index (χ3n) is 1.47. The zero-order chi connectivity index (χ0) is 13.3. The fourth-order valence-corrected chi connectivity index (χ4v) is 1.03. The molecule has 0 saturated heterocycles. The normalized spacial score (nSPS) is 8.94. The van der Waals surface area contributed by atoms with Gasteiger partial charge in [-0.3, -0.25) is 4.79 Å². The van der Waals surface area contributed by atoms with E-state index >= 15 is 0 Å². The van der Waals surface area contributed by atoms with Crippen LogP contribution in [0.15, 0.2) is 24.3 Å². The molecule has 0 aliphatic rings. The molecule has 0 atom stereocenters. The Kier molecular flexibility index (Phi) is 8.09. The first-order valence-corrected chi connectivity index (χ1v) is 5.73. The van der Waals surface area contributed by atoms with Crippen LogP contribution in [0, 0.1) is 0 Å². The van der Waals surface area contributed by atoms with Gasteiger partial charge in [-0.25, -0.2) is 0 Å². The fraction of sp³-hybridized carbons (Fsp3) is 0.300. The highest BCUT2D eigenvalue weighted by Crippen LogP contribution is 2.13. The molecule has 1 rings (SSSR count). The van der Waals surface area contributed by atoms with Gasteiger partial charge in [-0.2, -0.15) is 0 Å². The van der Waals surface area contributed by atoms with Gasteiger partial charge in [0.05, 0.1) is 6.61 Å². The zero-order valence-corrected chi connectivity index (χ0v) is 10.4. The molecule has 2 N–H and O–H groups in total. The predicted octanol–water partition coefficient (Wildman–Crippen LogP) is 1.39. The first-order chi connectivity index (χ1) is 7.95. The van der Waals surface area contributed by atoms with E-state index in [9.17, 15) is 4.79 Å². The van der Waals surface area contributed by atoms with Crippen molar-refractivity contribution >= 4 is 14.2 Å². The minimum absolute atomic E-state index is 0.311. The number of esters is 1. The molecule has 6 nitrogen and oxygen atoms in total. The molecule has 0 amide bonds. The average molecular weight is 261 g/mol. The van der Waals surface area contributed by atoms with Crippen LogP contribution in [-0.2, 0) is 20.7 Å². The molecule has 0 radical (unpaired) electrons. The molecule has 7 heteroatoms. The van der Waals surface area contributed by atoms with E-state index in [1.54, 1.807) is 19.2 Å². The van der Waals surface area contributed by atoms with E-state index in [1.165, 1.54) is 6.92 Å². The van der Waals surface area contributed by atoms with Crippen molar-refractivity contribution in [1.82, 2.24) is 0 Å². The highest BCUT2D eigenvalue weighted by Gasteiger charge is 1.98. The average Bonchev–Trinajstić information content (AvgIpc) is 2.16. The molecule has 0 unspecified atom stereocenters. The standard InChI is InChI=1S/C10H12O3.HO3P/c1-8(11)13-10-5-3-4-9(6-10)7-12-2;1-4(2)3/h3-6H,7H2,1-2H3;(H-,1,2,3)/p+1. The van der Waals surface area contributed by atoms with E-state index in [1.807, 2.05) is 12.1 Å². The number of carbonyl (C=O) groups excluding carboxylic acids is 1. The largest absolute Gasteiger partial charge is 0.692 e.